The molecule has 0 bridgehead atoms. The van der Waals surface area contributed by atoms with Gasteiger partial charge in [0.15, 0.2) is 0 Å². The van der Waals surface area contributed by atoms with E-state index in [1.165, 1.54) is 51.9 Å². The Morgan fingerprint density at radius 1 is 1.14 bits per heavy atom. The van der Waals surface area contributed by atoms with Crippen LogP contribution in [0.3, 0.4) is 0 Å². The maximum atomic E-state index is 10.6. The van der Waals surface area contributed by atoms with Crippen LogP contribution in [0.15, 0.2) is 0 Å². The number of likely N-dealkylation sites (tertiary alicyclic amines) is 1. The molecule has 0 atom stereocenters. The van der Waals surface area contributed by atoms with E-state index in [4.69, 9.17) is 9.90 Å². The van der Waals surface area contributed by atoms with Crippen LogP contribution < -0.4 is 5.32 Å². The van der Waals surface area contributed by atoms with Crippen molar-refractivity contribution in [2.45, 2.75) is 51.7 Å². The van der Waals surface area contributed by atoms with Crippen molar-refractivity contribution in [3.8, 4) is 0 Å². The van der Waals surface area contributed by atoms with Crippen molar-refractivity contribution in [2.24, 2.45) is 5.41 Å². The van der Waals surface area contributed by atoms with Gasteiger partial charge in [-0.15, -0.1) is 0 Å². The first kappa shape index (κ1) is 18.2. The molecule has 0 saturated carbocycles. The summed E-state index contributed by atoms with van der Waals surface area (Å²) in [4.78, 5) is 11.5. The van der Waals surface area contributed by atoms with Crippen LogP contribution in [0.2, 0.25) is 0 Å². The van der Waals surface area contributed by atoms with Crippen molar-refractivity contribution in [1.29, 1.82) is 0 Å². The minimum Gasteiger partial charge on any atom is -0.475 e. The first-order chi connectivity index (χ1) is 9.66. The highest BCUT2D eigenvalue weighted by Gasteiger charge is 2.38. The van der Waals surface area contributed by atoms with E-state index < -0.39 is 12.1 Å². The van der Waals surface area contributed by atoms with Crippen LogP contribution in [0.1, 0.15) is 39.5 Å². The molecule has 0 unspecified atom stereocenters. The molecule has 2 aliphatic heterocycles. The van der Waals surface area contributed by atoms with Gasteiger partial charge in [0.1, 0.15) is 0 Å². The average Bonchev–Trinajstić information content (AvgIpc) is 2.39. The molecule has 2 aliphatic rings. The number of hydrogen-bond donors (Lipinski definition) is 2. The van der Waals surface area contributed by atoms with Gasteiger partial charge in [0.2, 0.25) is 0 Å². The monoisotopic (exact) mass is 310 g/mol. The molecule has 21 heavy (non-hydrogen) atoms. The van der Waals surface area contributed by atoms with Gasteiger partial charge >= 0.3 is 12.1 Å². The fourth-order valence-corrected chi connectivity index (χ4v) is 2.97. The van der Waals surface area contributed by atoms with Gasteiger partial charge in [-0.2, -0.15) is 13.2 Å². The van der Waals surface area contributed by atoms with Crippen LogP contribution >= 0.6 is 0 Å². The van der Waals surface area contributed by atoms with E-state index in [1.54, 1.807) is 0 Å². The van der Waals surface area contributed by atoms with Gasteiger partial charge in [0, 0.05) is 6.04 Å². The number of halogens is 3. The number of nitrogens with zero attached hydrogens (tertiary/aromatic N) is 1. The highest BCUT2D eigenvalue weighted by Crippen LogP contribution is 2.39. The third-order valence-electron chi connectivity index (χ3n) is 4.50. The molecule has 1 spiro atoms. The number of carboxylic acids is 1. The quantitative estimate of drug-likeness (QED) is 0.781. The van der Waals surface area contributed by atoms with Crippen molar-refractivity contribution in [1.82, 2.24) is 10.2 Å². The summed E-state index contributed by atoms with van der Waals surface area (Å²) in [5.41, 5.74) is 0.719. The first-order valence-corrected chi connectivity index (χ1v) is 7.41. The van der Waals surface area contributed by atoms with Gasteiger partial charge in [-0.25, -0.2) is 4.79 Å². The molecule has 0 aromatic carbocycles. The zero-order valence-electron chi connectivity index (χ0n) is 12.7. The molecule has 7 heteroatoms. The van der Waals surface area contributed by atoms with Crippen molar-refractivity contribution < 1.29 is 23.1 Å². The van der Waals surface area contributed by atoms with Crippen LogP contribution in [0.5, 0.6) is 0 Å². The Morgan fingerprint density at radius 3 is 1.90 bits per heavy atom. The van der Waals surface area contributed by atoms with Crippen LogP contribution in [0.25, 0.3) is 0 Å². The molecule has 0 aliphatic carbocycles. The van der Waals surface area contributed by atoms with Crippen LogP contribution in [-0.2, 0) is 4.79 Å². The second kappa shape index (κ2) is 7.45. The fourth-order valence-electron chi connectivity index (χ4n) is 2.97. The molecule has 0 amide bonds. The van der Waals surface area contributed by atoms with Crippen molar-refractivity contribution in [2.75, 3.05) is 26.2 Å². The molecule has 0 aromatic rings. The molecule has 4 nitrogen and oxygen atoms in total. The second-order valence-corrected chi connectivity index (χ2v) is 6.18. The third kappa shape index (κ3) is 5.82. The summed E-state index contributed by atoms with van der Waals surface area (Å²) in [7, 11) is 0. The number of nitrogens with one attached hydrogen (secondary N) is 1. The molecule has 2 heterocycles. The van der Waals surface area contributed by atoms with E-state index in [0.29, 0.717) is 0 Å². The summed E-state index contributed by atoms with van der Waals surface area (Å²) in [6, 6.07) is 0.745. The summed E-state index contributed by atoms with van der Waals surface area (Å²) in [5, 5.41) is 10.6. The molecule has 2 fully saturated rings. The van der Waals surface area contributed by atoms with Crippen molar-refractivity contribution >= 4 is 5.97 Å². The maximum absolute atomic E-state index is 10.6. The van der Waals surface area contributed by atoms with E-state index >= 15 is 0 Å². The Labute approximate surface area is 123 Å². The SMILES string of the molecule is CC(C)N1CCC2(CCNCC2)CC1.O=C(O)C(F)(F)F. The predicted octanol–water partition coefficient (Wildman–Crippen LogP) is 2.49. The molecule has 2 N–H and O–H groups in total. The maximum Gasteiger partial charge on any atom is 0.490 e. The van der Waals surface area contributed by atoms with E-state index in [2.05, 4.69) is 24.1 Å². The highest BCUT2D eigenvalue weighted by atomic mass is 19.4. The fraction of sp³-hybridized carbons (Fsp3) is 0.929. The topological polar surface area (TPSA) is 52.6 Å². The second-order valence-electron chi connectivity index (χ2n) is 6.18. The Morgan fingerprint density at radius 2 is 1.57 bits per heavy atom. The largest absolute Gasteiger partial charge is 0.490 e. The summed E-state index contributed by atoms with van der Waals surface area (Å²) in [5.74, 6) is -2.76. The van der Waals surface area contributed by atoms with Crippen molar-refractivity contribution in [3.05, 3.63) is 0 Å². The number of alkyl halides is 3. The standard InChI is InChI=1S/C12H24N2.C2HF3O2/c1-11(2)14-9-5-12(6-10-14)3-7-13-8-4-12;3-2(4,5)1(6)7/h11,13H,3-10H2,1-2H3;(H,6,7). The summed E-state index contributed by atoms with van der Waals surface area (Å²) in [6.45, 7) is 9.81. The Balaban J connectivity index is 0.000000270. The first-order valence-electron chi connectivity index (χ1n) is 7.41. The zero-order valence-corrected chi connectivity index (χ0v) is 12.7. The van der Waals surface area contributed by atoms with Gasteiger partial charge in [0.25, 0.3) is 0 Å². The summed E-state index contributed by atoms with van der Waals surface area (Å²) in [6.07, 6.45) is 0.623. The van der Waals surface area contributed by atoms with Crippen LogP contribution in [0, 0.1) is 5.41 Å². The zero-order chi connectivity index (χ0) is 16.1. The van der Waals surface area contributed by atoms with Gasteiger partial charge in [-0.3, -0.25) is 0 Å². The van der Waals surface area contributed by atoms with E-state index in [1.807, 2.05) is 0 Å². The molecular weight excluding hydrogens is 285 g/mol. The number of rotatable bonds is 1. The molecular formula is C14H25F3N2O2. The Hall–Kier alpha value is -0.820. The summed E-state index contributed by atoms with van der Waals surface area (Å²) >= 11 is 0. The van der Waals surface area contributed by atoms with E-state index in [0.717, 1.165) is 11.5 Å². The summed E-state index contributed by atoms with van der Waals surface area (Å²) < 4.78 is 31.7. The number of carboxylic acid groups (broad SMARTS) is 1. The van der Waals surface area contributed by atoms with Crippen LogP contribution in [0.4, 0.5) is 13.2 Å². The van der Waals surface area contributed by atoms with E-state index in [-0.39, 0.29) is 0 Å². The molecule has 2 saturated heterocycles. The van der Waals surface area contributed by atoms with Crippen LogP contribution in [-0.4, -0.2) is 54.4 Å². The predicted molar refractivity (Wildman–Crippen MR) is 74.2 cm³/mol. The Kier molecular flexibility index (Phi) is 6.46. The number of carbonyl (C=O) groups is 1. The number of piperidine rings is 2. The number of hydrogen-bond acceptors (Lipinski definition) is 3. The minimum absolute atomic E-state index is 0.719. The lowest BCUT2D eigenvalue weighted by atomic mass is 9.71. The lowest BCUT2D eigenvalue weighted by Gasteiger charge is -2.45. The highest BCUT2D eigenvalue weighted by molar-refractivity contribution is 5.73. The molecule has 0 radical (unpaired) electrons. The van der Waals surface area contributed by atoms with Gasteiger partial charge < -0.3 is 15.3 Å². The molecule has 2 rings (SSSR count). The van der Waals surface area contributed by atoms with E-state index in [9.17, 15) is 13.2 Å². The lowest BCUT2D eigenvalue weighted by molar-refractivity contribution is -0.192. The Bertz CT molecular complexity index is 330. The van der Waals surface area contributed by atoms with Gasteiger partial charge in [-0.1, -0.05) is 0 Å². The van der Waals surface area contributed by atoms with Gasteiger partial charge in [0.05, 0.1) is 0 Å². The normalized spacial score (nSPS) is 22.8. The lowest BCUT2D eigenvalue weighted by Crippen LogP contribution is -2.47. The smallest absolute Gasteiger partial charge is 0.475 e. The molecule has 0 aromatic heterocycles. The molecule has 124 valence electrons. The third-order valence-corrected chi connectivity index (χ3v) is 4.50. The number of aliphatic carboxylic acids is 1. The van der Waals surface area contributed by atoms with Crippen molar-refractivity contribution in [3.63, 3.8) is 0 Å². The minimum atomic E-state index is -5.08. The van der Waals surface area contributed by atoms with Gasteiger partial charge in [-0.05, 0) is 71.1 Å². The average molecular weight is 310 g/mol.